The van der Waals surface area contributed by atoms with Crippen LogP contribution >= 0.6 is 0 Å². The van der Waals surface area contributed by atoms with Gasteiger partial charge < -0.3 is 14.6 Å². The molecular weight excluding hydrogens is 432 g/mol. The Morgan fingerprint density at radius 1 is 1.00 bits per heavy atom. The molecule has 0 unspecified atom stereocenters. The number of allylic oxidation sites excluding steroid dienone is 1. The third-order valence-electron chi connectivity index (χ3n) is 4.71. The van der Waals surface area contributed by atoms with E-state index in [1.54, 1.807) is 19.1 Å². The molecule has 1 aromatic carbocycles. The van der Waals surface area contributed by atoms with Gasteiger partial charge in [-0.15, -0.1) is 0 Å². The molecule has 6 heteroatoms. The Morgan fingerprint density at radius 3 is 2.09 bits per heavy atom. The molecule has 6 nitrogen and oxygen atoms in total. The van der Waals surface area contributed by atoms with Crippen molar-refractivity contribution in [3.63, 3.8) is 0 Å². The number of hydrogen-bond acceptors (Lipinski definition) is 5. The predicted molar refractivity (Wildman–Crippen MR) is 136 cm³/mol. The zero-order chi connectivity index (χ0) is 26.1. The van der Waals surface area contributed by atoms with E-state index in [1.165, 1.54) is 14.0 Å². The highest BCUT2D eigenvalue weighted by Crippen LogP contribution is 2.19. The van der Waals surface area contributed by atoms with Gasteiger partial charge in [-0.25, -0.2) is 14.4 Å². The van der Waals surface area contributed by atoms with Crippen LogP contribution in [0.2, 0.25) is 0 Å². The minimum atomic E-state index is -1.08. The van der Waals surface area contributed by atoms with E-state index in [0.29, 0.717) is 17.9 Å². The van der Waals surface area contributed by atoms with Gasteiger partial charge >= 0.3 is 17.9 Å². The first-order valence-electron chi connectivity index (χ1n) is 11.3. The van der Waals surface area contributed by atoms with Gasteiger partial charge in [-0.3, -0.25) is 0 Å². The van der Waals surface area contributed by atoms with Crippen molar-refractivity contribution in [3.8, 4) is 0 Å². The molecule has 0 aliphatic rings. The maximum atomic E-state index is 12.3. The number of carboxylic acids is 1. The summed E-state index contributed by atoms with van der Waals surface area (Å²) in [5, 5.41) is 9.25. The zero-order valence-corrected chi connectivity index (χ0v) is 21.1. The van der Waals surface area contributed by atoms with Crippen molar-refractivity contribution in [1.82, 2.24) is 0 Å². The molecule has 0 aromatic heterocycles. The van der Waals surface area contributed by atoms with Crippen molar-refractivity contribution in [2.45, 2.75) is 59.8 Å². The number of carbonyl (C=O) groups excluding carboxylic acids is 2. The Morgan fingerprint density at radius 2 is 1.62 bits per heavy atom. The van der Waals surface area contributed by atoms with E-state index in [2.05, 4.69) is 31.7 Å². The second-order valence-corrected chi connectivity index (χ2v) is 8.28. The predicted octanol–water partition coefficient (Wildman–Crippen LogP) is 6.50. The van der Waals surface area contributed by atoms with E-state index in [0.717, 1.165) is 31.2 Å². The molecule has 1 rings (SSSR count). The minimum Gasteiger partial charge on any atom is -0.478 e. The van der Waals surface area contributed by atoms with Crippen molar-refractivity contribution in [3.05, 3.63) is 77.6 Å². The largest absolute Gasteiger partial charge is 0.478 e. The van der Waals surface area contributed by atoms with Crippen molar-refractivity contribution < 1.29 is 29.0 Å². The standard InChI is InChI=1S/C23H30O4.C5H8O2/c1-17(2)11-7-5-10-14-21(19(4)22(24)25)27-23(26)18(3)15-16-20-12-8-6-9-13-20;1-4(2)5(6)7-3/h6,8-9,12-13,15-17H,3,5,7,10-11,14H2,1-2,4H3,(H,24,25);1H2,2-3H3. The van der Waals surface area contributed by atoms with Crippen LogP contribution in [-0.4, -0.2) is 30.1 Å². The Hall–Kier alpha value is -3.41. The molecule has 0 radical (unpaired) electrons. The third kappa shape index (κ3) is 13.9. The molecular formula is C28H38O6. The Bertz CT molecular complexity index is 891. The number of esters is 2. The van der Waals surface area contributed by atoms with E-state index in [4.69, 9.17) is 4.74 Å². The number of unbranched alkanes of at least 4 members (excludes halogenated alkanes) is 2. The fourth-order valence-electron chi connectivity index (χ4n) is 2.63. The summed E-state index contributed by atoms with van der Waals surface area (Å²) in [6, 6.07) is 9.53. The van der Waals surface area contributed by atoms with Gasteiger partial charge in [0.05, 0.1) is 18.3 Å². The maximum absolute atomic E-state index is 12.3. The highest BCUT2D eigenvalue weighted by molar-refractivity contribution is 5.94. The van der Waals surface area contributed by atoms with Crippen LogP contribution in [0.25, 0.3) is 6.08 Å². The van der Waals surface area contributed by atoms with Gasteiger partial charge in [-0.1, -0.05) is 82.7 Å². The number of hydrogen-bond donors (Lipinski definition) is 1. The summed E-state index contributed by atoms with van der Waals surface area (Å²) in [5.74, 6) is -1.19. The van der Waals surface area contributed by atoms with Crippen LogP contribution in [0.3, 0.4) is 0 Å². The highest BCUT2D eigenvalue weighted by atomic mass is 16.5. The summed E-state index contributed by atoms with van der Waals surface area (Å²) in [5.41, 5.74) is 1.61. The van der Waals surface area contributed by atoms with E-state index >= 15 is 0 Å². The number of methoxy groups -OCH3 is 1. The maximum Gasteiger partial charge on any atom is 0.342 e. The van der Waals surface area contributed by atoms with Crippen molar-refractivity contribution in [1.29, 1.82) is 0 Å². The van der Waals surface area contributed by atoms with Crippen LogP contribution in [0.5, 0.6) is 0 Å². The summed E-state index contributed by atoms with van der Waals surface area (Å²) < 4.78 is 9.63. The number of ether oxygens (including phenoxy) is 2. The topological polar surface area (TPSA) is 89.9 Å². The summed E-state index contributed by atoms with van der Waals surface area (Å²) in [6.07, 6.45) is 7.75. The molecule has 1 aromatic rings. The Labute approximate surface area is 203 Å². The first-order chi connectivity index (χ1) is 16.0. The van der Waals surface area contributed by atoms with E-state index in [9.17, 15) is 19.5 Å². The van der Waals surface area contributed by atoms with Crippen LogP contribution in [0, 0.1) is 5.92 Å². The second kappa shape index (κ2) is 17.1. The van der Waals surface area contributed by atoms with Gasteiger partial charge in [0.2, 0.25) is 0 Å². The quantitative estimate of drug-likeness (QED) is 0.123. The average Bonchev–Trinajstić information content (AvgIpc) is 2.81. The normalized spacial score (nSPS) is 11.2. The molecule has 0 aliphatic heterocycles. The molecule has 0 spiro atoms. The van der Waals surface area contributed by atoms with Gasteiger partial charge in [0.25, 0.3) is 0 Å². The van der Waals surface area contributed by atoms with E-state index in [-0.39, 0.29) is 22.9 Å². The summed E-state index contributed by atoms with van der Waals surface area (Å²) >= 11 is 0. The third-order valence-corrected chi connectivity index (χ3v) is 4.71. The lowest BCUT2D eigenvalue weighted by Gasteiger charge is -2.11. The number of carboxylic acid groups (broad SMARTS) is 1. The van der Waals surface area contributed by atoms with Gasteiger partial charge in [0.1, 0.15) is 5.76 Å². The lowest BCUT2D eigenvalue weighted by atomic mass is 10.0. The molecule has 34 heavy (non-hydrogen) atoms. The second-order valence-electron chi connectivity index (χ2n) is 8.28. The molecule has 0 amide bonds. The molecule has 186 valence electrons. The van der Waals surface area contributed by atoms with E-state index in [1.807, 2.05) is 30.3 Å². The molecule has 0 saturated carbocycles. The van der Waals surface area contributed by atoms with Crippen LogP contribution < -0.4 is 0 Å². The fraction of sp³-hybridized carbons (Fsp3) is 0.393. The van der Waals surface area contributed by atoms with Crippen molar-refractivity contribution in [2.75, 3.05) is 7.11 Å². The number of benzene rings is 1. The average molecular weight is 471 g/mol. The lowest BCUT2D eigenvalue weighted by molar-refractivity contribution is -0.137. The van der Waals surface area contributed by atoms with Gasteiger partial charge in [-0.2, -0.15) is 0 Å². The van der Waals surface area contributed by atoms with Crippen molar-refractivity contribution in [2.24, 2.45) is 5.92 Å². The lowest BCUT2D eigenvalue weighted by Crippen LogP contribution is -2.10. The zero-order valence-electron chi connectivity index (χ0n) is 21.1. The van der Waals surface area contributed by atoms with Crippen LogP contribution in [0.4, 0.5) is 0 Å². The molecule has 0 saturated heterocycles. The molecule has 0 fully saturated rings. The fourth-order valence-corrected chi connectivity index (χ4v) is 2.63. The van der Waals surface area contributed by atoms with Crippen molar-refractivity contribution >= 4 is 24.0 Å². The smallest absolute Gasteiger partial charge is 0.342 e. The summed E-state index contributed by atoms with van der Waals surface area (Å²) in [7, 11) is 1.33. The van der Waals surface area contributed by atoms with Gasteiger partial charge in [0.15, 0.2) is 0 Å². The first-order valence-corrected chi connectivity index (χ1v) is 11.3. The molecule has 0 atom stereocenters. The Kier molecular flexibility index (Phi) is 15.4. The van der Waals surface area contributed by atoms with Crippen LogP contribution in [0.15, 0.2) is 72.0 Å². The van der Waals surface area contributed by atoms with Crippen LogP contribution in [-0.2, 0) is 23.9 Å². The summed E-state index contributed by atoms with van der Waals surface area (Å²) in [6.45, 7) is 14.5. The van der Waals surface area contributed by atoms with E-state index < -0.39 is 11.9 Å². The minimum absolute atomic E-state index is 0.0621. The SMILES string of the molecule is C=C(C)C(=O)OC.C=C(C=Cc1ccccc1)C(=O)OC(CCCCCC(C)C)=C(C)C(=O)O. The number of aliphatic carboxylic acids is 1. The monoisotopic (exact) mass is 470 g/mol. The number of carbonyl (C=O) groups is 3. The molecule has 1 N–H and O–H groups in total. The number of rotatable bonds is 12. The molecule has 0 bridgehead atoms. The van der Waals surface area contributed by atoms with Gasteiger partial charge in [0, 0.05) is 12.0 Å². The Balaban J connectivity index is 0.00000135. The molecule has 0 aliphatic carbocycles. The van der Waals surface area contributed by atoms with Gasteiger partial charge in [-0.05, 0) is 37.8 Å². The highest BCUT2D eigenvalue weighted by Gasteiger charge is 2.16. The summed E-state index contributed by atoms with van der Waals surface area (Å²) in [4.78, 5) is 33.8. The first kappa shape index (κ1) is 30.6. The van der Waals surface area contributed by atoms with Crippen LogP contribution in [0.1, 0.15) is 65.4 Å². The molecule has 0 heterocycles.